The van der Waals surface area contributed by atoms with Crippen molar-refractivity contribution in [3.63, 3.8) is 0 Å². The van der Waals surface area contributed by atoms with E-state index in [2.05, 4.69) is 26.5 Å². The van der Waals surface area contributed by atoms with E-state index in [1.54, 1.807) is 6.20 Å². The van der Waals surface area contributed by atoms with Crippen molar-refractivity contribution in [1.82, 2.24) is 19.4 Å². The highest BCUT2D eigenvalue weighted by atomic mass is 35.5. The second-order valence-corrected chi connectivity index (χ2v) is 6.25. The van der Waals surface area contributed by atoms with Gasteiger partial charge in [0.05, 0.1) is 16.4 Å². The van der Waals surface area contributed by atoms with Gasteiger partial charge in [0.15, 0.2) is 5.65 Å². The fourth-order valence-corrected chi connectivity index (χ4v) is 3.04. The number of fused-ring (bicyclic) bond motifs is 1. The Morgan fingerprint density at radius 1 is 1.47 bits per heavy atom. The molecule has 1 fully saturated rings. The number of imidazole rings is 1. The summed E-state index contributed by atoms with van der Waals surface area (Å²) in [4.78, 5) is 11.4. The predicted octanol–water partition coefficient (Wildman–Crippen LogP) is 3.26. The Kier molecular flexibility index (Phi) is 3.41. The van der Waals surface area contributed by atoms with Crippen LogP contribution in [0.3, 0.4) is 0 Å². The number of pyridine rings is 1. The number of hydrogen-bond acceptors (Lipinski definition) is 3. The highest BCUT2D eigenvalue weighted by Gasteiger charge is 2.27. The van der Waals surface area contributed by atoms with Gasteiger partial charge in [-0.15, -0.1) is 11.6 Å². The van der Waals surface area contributed by atoms with Crippen LogP contribution in [0.15, 0.2) is 12.3 Å². The van der Waals surface area contributed by atoms with Crippen LogP contribution in [-0.2, 0) is 0 Å². The highest BCUT2D eigenvalue weighted by Crippen LogP contribution is 2.31. The van der Waals surface area contributed by atoms with Crippen LogP contribution in [0, 0.1) is 0 Å². The first-order valence-corrected chi connectivity index (χ1v) is 7.23. The lowest BCUT2D eigenvalue weighted by atomic mass is 10.2. The summed E-state index contributed by atoms with van der Waals surface area (Å²) in [6.45, 7) is 4.04. The Morgan fingerprint density at radius 3 is 2.89 bits per heavy atom. The molecule has 0 amide bonds. The van der Waals surface area contributed by atoms with E-state index in [4.69, 9.17) is 23.2 Å². The lowest BCUT2D eigenvalue weighted by Crippen LogP contribution is -2.18. The van der Waals surface area contributed by atoms with Gasteiger partial charge in [-0.25, -0.2) is 9.97 Å². The molecule has 102 valence electrons. The quantitative estimate of drug-likeness (QED) is 0.798. The molecule has 0 N–H and O–H groups in total. The van der Waals surface area contributed by atoms with Crippen LogP contribution in [0.1, 0.15) is 30.6 Å². The molecule has 0 saturated carbocycles. The summed E-state index contributed by atoms with van der Waals surface area (Å²) in [6, 6.07) is 2.24. The minimum atomic E-state index is -0.140. The van der Waals surface area contributed by atoms with Crippen molar-refractivity contribution < 1.29 is 0 Å². The van der Waals surface area contributed by atoms with Crippen molar-refractivity contribution in [2.75, 3.05) is 20.1 Å². The average molecular weight is 299 g/mol. The summed E-state index contributed by atoms with van der Waals surface area (Å²) in [6.07, 6.45) is 2.77. The molecule has 3 rings (SSSR count). The van der Waals surface area contributed by atoms with Crippen LogP contribution in [0.25, 0.3) is 11.2 Å². The number of halogens is 2. The van der Waals surface area contributed by atoms with E-state index < -0.39 is 0 Å². The molecule has 6 heteroatoms. The lowest BCUT2D eigenvalue weighted by Gasteiger charge is -2.17. The number of likely N-dealkylation sites (tertiary alicyclic amines) is 1. The first-order chi connectivity index (χ1) is 9.06. The van der Waals surface area contributed by atoms with Gasteiger partial charge in [-0.1, -0.05) is 11.6 Å². The fourth-order valence-electron chi connectivity index (χ4n) is 2.74. The maximum absolute atomic E-state index is 6.28. The molecule has 2 aromatic heterocycles. The third kappa shape index (κ3) is 2.33. The molecule has 0 bridgehead atoms. The smallest absolute Gasteiger partial charge is 0.160 e. The van der Waals surface area contributed by atoms with Crippen LogP contribution in [0.2, 0.25) is 5.02 Å². The number of nitrogens with zero attached hydrogens (tertiary/aromatic N) is 4. The summed E-state index contributed by atoms with van der Waals surface area (Å²) in [5.41, 5.74) is 1.71. The monoisotopic (exact) mass is 298 g/mol. The lowest BCUT2D eigenvalue weighted by molar-refractivity contribution is 0.391. The van der Waals surface area contributed by atoms with E-state index in [9.17, 15) is 0 Å². The summed E-state index contributed by atoms with van der Waals surface area (Å²) in [5, 5.41) is 0.466. The second-order valence-electron chi connectivity index (χ2n) is 5.16. The largest absolute Gasteiger partial charge is 0.307 e. The van der Waals surface area contributed by atoms with Gasteiger partial charge in [0.25, 0.3) is 0 Å². The third-order valence-electron chi connectivity index (χ3n) is 3.61. The molecule has 0 radical (unpaired) electrons. The van der Waals surface area contributed by atoms with Gasteiger partial charge in [-0.2, -0.15) is 0 Å². The third-order valence-corrected chi connectivity index (χ3v) is 4.01. The topological polar surface area (TPSA) is 34.0 Å². The Labute approximate surface area is 122 Å². The molecule has 3 heterocycles. The predicted molar refractivity (Wildman–Crippen MR) is 78.0 cm³/mol. The molecule has 1 aliphatic heterocycles. The van der Waals surface area contributed by atoms with Gasteiger partial charge in [0.2, 0.25) is 0 Å². The molecule has 0 aromatic carbocycles. The molecule has 0 aliphatic carbocycles. The van der Waals surface area contributed by atoms with Gasteiger partial charge in [-0.05, 0) is 33.0 Å². The minimum absolute atomic E-state index is 0.140. The number of rotatable bonds is 2. The summed E-state index contributed by atoms with van der Waals surface area (Å²) in [7, 11) is 2.13. The average Bonchev–Trinajstić information content (AvgIpc) is 2.91. The summed E-state index contributed by atoms with van der Waals surface area (Å²) < 4.78 is 2.19. The van der Waals surface area contributed by atoms with Gasteiger partial charge in [0, 0.05) is 12.7 Å². The van der Waals surface area contributed by atoms with Crippen LogP contribution in [-0.4, -0.2) is 39.6 Å². The van der Waals surface area contributed by atoms with Crippen LogP contribution >= 0.6 is 23.2 Å². The molecule has 2 unspecified atom stereocenters. The van der Waals surface area contributed by atoms with Crippen molar-refractivity contribution >= 4 is 34.4 Å². The molecule has 0 spiro atoms. The first kappa shape index (κ1) is 13.2. The molecule has 1 saturated heterocycles. The Balaban J connectivity index is 2.16. The summed E-state index contributed by atoms with van der Waals surface area (Å²) in [5.74, 6) is 0.881. The number of likely N-dealkylation sites (N-methyl/N-ethyl adjacent to an activating group) is 1. The van der Waals surface area contributed by atoms with E-state index in [0.717, 1.165) is 36.5 Å². The molecule has 1 aliphatic rings. The van der Waals surface area contributed by atoms with Gasteiger partial charge < -0.3 is 9.47 Å². The van der Waals surface area contributed by atoms with E-state index in [0.29, 0.717) is 11.1 Å². The Morgan fingerprint density at radius 2 is 2.26 bits per heavy atom. The van der Waals surface area contributed by atoms with E-state index in [-0.39, 0.29) is 5.38 Å². The zero-order valence-corrected chi connectivity index (χ0v) is 12.5. The van der Waals surface area contributed by atoms with Crippen molar-refractivity contribution in [2.45, 2.75) is 24.8 Å². The van der Waals surface area contributed by atoms with Crippen molar-refractivity contribution in [2.24, 2.45) is 0 Å². The number of hydrogen-bond donors (Lipinski definition) is 0. The Hall–Kier alpha value is -0.840. The second kappa shape index (κ2) is 4.93. The molecular weight excluding hydrogens is 283 g/mol. The van der Waals surface area contributed by atoms with Gasteiger partial charge in [-0.3, -0.25) is 0 Å². The van der Waals surface area contributed by atoms with E-state index in [1.807, 2.05) is 13.0 Å². The zero-order chi connectivity index (χ0) is 13.6. The molecule has 2 aromatic rings. The molecule has 19 heavy (non-hydrogen) atoms. The standard InChI is InChI=1S/C13H16Cl2N4/c1-8(14)12-17-11-5-9(15)6-16-13(11)19(12)10-3-4-18(2)7-10/h5-6,8,10H,3-4,7H2,1-2H3. The van der Waals surface area contributed by atoms with Crippen LogP contribution in [0.4, 0.5) is 0 Å². The van der Waals surface area contributed by atoms with E-state index in [1.165, 1.54) is 0 Å². The van der Waals surface area contributed by atoms with Crippen LogP contribution in [0.5, 0.6) is 0 Å². The van der Waals surface area contributed by atoms with Crippen molar-refractivity contribution in [1.29, 1.82) is 0 Å². The molecule has 2 atom stereocenters. The van der Waals surface area contributed by atoms with E-state index >= 15 is 0 Å². The first-order valence-electron chi connectivity index (χ1n) is 6.42. The van der Waals surface area contributed by atoms with Gasteiger partial charge in [0.1, 0.15) is 11.3 Å². The maximum atomic E-state index is 6.28. The summed E-state index contributed by atoms with van der Waals surface area (Å²) >= 11 is 12.3. The van der Waals surface area contributed by atoms with Crippen molar-refractivity contribution in [3.8, 4) is 0 Å². The van der Waals surface area contributed by atoms with Gasteiger partial charge >= 0.3 is 0 Å². The fraction of sp³-hybridized carbons (Fsp3) is 0.538. The SMILES string of the molecule is CC(Cl)c1nc2cc(Cl)cnc2n1C1CCN(C)C1. The number of aromatic nitrogens is 3. The molecule has 4 nitrogen and oxygen atoms in total. The zero-order valence-electron chi connectivity index (χ0n) is 11.0. The Bertz CT molecular complexity index is 608. The number of alkyl halides is 1. The minimum Gasteiger partial charge on any atom is -0.307 e. The maximum Gasteiger partial charge on any atom is 0.160 e. The normalized spacial score (nSPS) is 22.2. The van der Waals surface area contributed by atoms with Crippen molar-refractivity contribution in [3.05, 3.63) is 23.1 Å². The van der Waals surface area contributed by atoms with Crippen LogP contribution < -0.4 is 0 Å². The molecular formula is C13H16Cl2N4. The highest BCUT2D eigenvalue weighted by molar-refractivity contribution is 6.31.